The molecule has 158 valence electrons. The molecule has 1 atom stereocenters. The first-order chi connectivity index (χ1) is 14.8. The average Bonchev–Trinajstić information content (AvgIpc) is 3.14. The molecule has 1 saturated heterocycles. The third-order valence-electron chi connectivity index (χ3n) is 4.68. The summed E-state index contributed by atoms with van der Waals surface area (Å²) in [5.74, 6) is 6.07. The number of imide groups is 1. The third kappa shape index (κ3) is 4.57. The lowest BCUT2D eigenvalue weighted by molar-refractivity contribution is 0.138. The fourth-order valence-electron chi connectivity index (χ4n) is 3.07. The maximum absolute atomic E-state index is 13.1. The molecule has 4 amide bonds. The summed E-state index contributed by atoms with van der Waals surface area (Å²) >= 11 is 1.31. The van der Waals surface area contributed by atoms with E-state index in [0.29, 0.717) is 17.7 Å². The van der Waals surface area contributed by atoms with Gasteiger partial charge in [-0.05, 0) is 41.3 Å². The number of allylic oxidation sites excluding steroid dienone is 1. The molecule has 31 heavy (non-hydrogen) atoms. The van der Waals surface area contributed by atoms with Crippen LogP contribution in [0.1, 0.15) is 11.1 Å². The second-order valence-electron chi connectivity index (χ2n) is 6.93. The number of fused-ring (bicyclic) bond motifs is 1. The number of hydrogen-bond acceptors (Lipinski definition) is 6. The highest BCUT2D eigenvalue weighted by molar-refractivity contribution is 8.02. The van der Waals surface area contributed by atoms with Crippen LogP contribution >= 0.6 is 11.8 Å². The lowest BCUT2D eigenvalue weighted by Gasteiger charge is -2.36. The molecule has 2 aromatic rings. The predicted molar refractivity (Wildman–Crippen MR) is 116 cm³/mol. The van der Waals surface area contributed by atoms with Crippen LogP contribution in [-0.4, -0.2) is 47.0 Å². The first-order valence-corrected chi connectivity index (χ1v) is 12.1. The topological polar surface area (TPSA) is 99.7 Å². The van der Waals surface area contributed by atoms with Gasteiger partial charge in [0.25, 0.3) is 0 Å². The van der Waals surface area contributed by atoms with Crippen molar-refractivity contribution in [2.45, 2.75) is 23.4 Å². The van der Waals surface area contributed by atoms with Gasteiger partial charge in [0.05, 0.1) is 11.4 Å². The molecule has 0 saturated carbocycles. The summed E-state index contributed by atoms with van der Waals surface area (Å²) in [6.45, 7) is 0.0142. The molecule has 1 aromatic carbocycles. The Morgan fingerprint density at radius 2 is 1.81 bits per heavy atom. The fraction of sp³-hybridized carbons (Fsp3) is 0.190. The molecule has 4 rings (SSSR count). The van der Waals surface area contributed by atoms with E-state index in [4.69, 9.17) is 0 Å². The van der Waals surface area contributed by atoms with E-state index < -0.39 is 27.4 Å². The number of nitrogens with zero attached hydrogens (tertiary/aromatic N) is 3. The zero-order chi connectivity index (χ0) is 22.0. The Morgan fingerprint density at radius 3 is 2.48 bits per heavy atom. The molecular formula is C21H18N4O4S2. The second-order valence-corrected chi connectivity index (χ2v) is 9.90. The van der Waals surface area contributed by atoms with E-state index in [1.165, 1.54) is 28.8 Å². The van der Waals surface area contributed by atoms with E-state index in [2.05, 4.69) is 22.1 Å². The van der Waals surface area contributed by atoms with Gasteiger partial charge in [0.1, 0.15) is 5.70 Å². The first-order valence-electron chi connectivity index (χ1n) is 9.26. The molecule has 0 aliphatic carbocycles. The minimum absolute atomic E-state index is 0.0142. The number of carbonyl (C=O) groups is 2. The zero-order valence-corrected chi connectivity index (χ0v) is 18.1. The average molecular weight is 455 g/mol. The minimum Gasteiger partial charge on any atom is -0.308 e. The Balaban J connectivity index is 1.49. The Hall–Kier alpha value is -3.29. The molecule has 8 nitrogen and oxygen atoms in total. The number of sulfone groups is 1. The Bertz CT molecular complexity index is 1220. The van der Waals surface area contributed by atoms with Crippen LogP contribution in [0, 0.1) is 11.8 Å². The van der Waals surface area contributed by atoms with E-state index in [9.17, 15) is 18.0 Å². The second kappa shape index (κ2) is 8.45. The Labute approximate surface area is 184 Å². The molecule has 2 aliphatic rings. The molecule has 1 fully saturated rings. The van der Waals surface area contributed by atoms with Crippen LogP contribution in [0.4, 0.5) is 9.59 Å². The van der Waals surface area contributed by atoms with Crippen LogP contribution < -0.4 is 5.32 Å². The van der Waals surface area contributed by atoms with Crippen LogP contribution in [0.25, 0.3) is 0 Å². The van der Waals surface area contributed by atoms with Crippen molar-refractivity contribution < 1.29 is 18.0 Å². The number of amides is 4. The smallest absolute Gasteiger partial charge is 0.308 e. The summed E-state index contributed by atoms with van der Waals surface area (Å²) in [7, 11) is -3.32. The van der Waals surface area contributed by atoms with Crippen LogP contribution in [0.15, 0.2) is 64.8 Å². The van der Waals surface area contributed by atoms with E-state index in [1.807, 2.05) is 12.1 Å². The molecule has 1 unspecified atom stereocenters. The highest BCUT2D eigenvalue weighted by Gasteiger charge is 2.42. The number of hydrogen-bond donors (Lipinski definition) is 1. The molecule has 1 N–H and O–H groups in total. The number of rotatable bonds is 4. The Morgan fingerprint density at radius 1 is 1.10 bits per heavy atom. The first kappa shape index (κ1) is 21.0. The van der Waals surface area contributed by atoms with Crippen LogP contribution in [0.3, 0.4) is 0 Å². The molecule has 2 aliphatic heterocycles. The molecule has 1 aromatic heterocycles. The number of nitrogens with one attached hydrogen (secondary N) is 1. The van der Waals surface area contributed by atoms with Crippen LogP contribution in [0.5, 0.6) is 0 Å². The Kier molecular flexibility index (Phi) is 5.71. The number of urea groups is 2. The largest absolute Gasteiger partial charge is 0.335 e. The van der Waals surface area contributed by atoms with Crippen molar-refractivity contribution in [2.24, 2.45) is 0 Å². The van der Waals surface area contributed by atoms with Crippen molar-refractivity contribution in [1.82, 2.24) is 20.1 Å². The standard InChI is InChI=1S/C21H18N4O4S2/c1-31(28,29)18-7-5-16(6-8-18)13-24-19(26)23-20-25(21(24)27)17(14-30-20)4-2-3-15-9-11-22-12-10-15/h5-12,14,20H,3,13H2,1H3,(H,23,26). The van der Waals surface area contributed by atoms with Gasteiger partial charge in [-0.2, -0.15) is 0 Å². The zero-order valence-electron chi connectivity index (χ0n) is 16.5. The van der Waals surface area contributed by atoms with Crippen molar-refractivity contribution in [2.75, 3.05) is 6.26 Å². The number of carbonyl (C=O) groups excluding carboxylic acids is 2. The monoisotopic (exact) mass is 454 g/mol. The lowest BCUT2D eigenvalue weighted by atomic mass is 10.2. The van der Waals surface area contributed by atoms with Gasteiger partial charge in [-0.15, -0.1) is 0 Å². The molecule has 0 bridgehead atoms. The molecule has 3 heterocycles. The molecule has 0 spiro atoms. The van der Waals surface area contributed by atoms with Gasteiger partial charge in [0.2, 0.25) is 0 Å². The van der Waals surface area contributed by atoms with Crippen molar-refractivity contribution >= 4 is 33.7 Å². The van der Waals surface area contributed by atoms with E-state index in [1.54, 1.807) is 29.9 Å². The number of benzene rings is 1. The molecule has 0 radical (unpaired) electrons. The van der Waals surface area contributed by atoms with Crippen molar-refractivity contribution in [1.29, 1.82) is 0 Å². The summed E-state index contributed by atoms with van der Waals surface area (Å²) in [5, 5.41) is 4.54. The van der Waals surface area contributed by atoms with Crippen molar-refractivity contribution in [3.05, 3.63) is 71.0 Å². The summed E-state index contributed by atoms with van der Waals surface area (Å²) in [5.41, 5.74) is 1.64. The lowest BCUT2D eigenvalue weighted by Crippen LogP contribution is -2.61. The fourth-order valence-corrected chi connectivity index (χ4v) is 4.62. The summed E-state index contributed by atoms with van der Waals surface area (Å²) in [6, 6.07) is 8.86. The third-order valence-corrected chi connectivity index (χ3v) is 6.76. The summed E-state index contributed by atoms with van der Waals surface area (Å²) in [6.07, 6.45) is 5.03. The SMILES string of the molecule is CS(=O)(=O)c1ccc(CN2C(=O)NC3SC=C(C#CCc4ccncc4)N3C2=O)cc1. The number of aromatic nitrogens is 1. The van der Waals surface area contributed by atoms with Gasteiger partial charge in [-0.25, -0.2) is 22.9 Å². The molecule has 10 heteroatoms. The number of pyridine rings is 1. The van der Waals surface area contributed by atoms with Gasteiger partial charge in [-0.3, -0.25) is 9.88 Å². The minimum atomic E-state index is -3.32. The number of thioether (sulfide) groups is 1. The van der Waals surface area contributed by atoms with Crippen molar-refractivity contribution in [3.8, 4) is 11.8 Å². The summed E-state index contributed by atoms with van der Waals surface area (Å²) < 4.78 is 23.2. The van der Waals surface area contributed by atoms with Crippen LogP contribution in [-0.2, 0) is 22.8 Å². The van der Waals surface area contributed by atoms with Crippen LogP contribution in [0.2, 0.25) is 0 Å². The van der Waals surface area contributed by atoms with Gasteiger partial charge < -0.3 is 5.32 Å². The highest BCUT2D eigenvalue weighted by Crippen LogP contribution is 2.33. The molecular weight excluding hydrogens is 436 g/mol. The normalized spacial score (nSPS) is 18.1. The quantitative estimate of drug-likeness (QED) is 0.713. The van der Waals surface area contributed by atoms with Gasteiger partial charge in [0, 0.05) is 30.5 Å². The van der Waals surface area contributed by atoms with Gasteiger partial charge in [-0.1, -0.05) is 29.8 Å². The predicted octanol–water partition coefficient (Wildman–Crippen LogP) is 2.55. The maximum Gasteiger partial charge on any atom is 0.335 e. The van der Waals surface area contributed by atoms with E-state index >= 15 is 0 Å². The van der Waals surface area contributed by atoms with E-state index in [-0.39, 0.29) is 11.4 Å². The van der Waals surface area contributed by atoms with Gasteiger partial charge in [0.15, 0.2) is 15.3 Å². The van der Waals surface area contributed by atoms with Crippen molar-refractivity contribution in [3.63, 3.8) is 0 Å². The van der Waals surface area contributed by atoms with Gasteiger partial charge >= 0.3 is 12.1 Å². The summed E-state index contributed by atoms with van der Waals surface area (Å²) in [4.78, 5) is 32.2. The van der Waals surface area contributed by atoms with E-state index in [0.717, 1.165) is 16.7 Å². The maximum atomic E-state index is 13.1. The highest BCUT2D eigenvalue weighted by atomic mass is 32.2.